The van der Waals surface area contributed by atoms with Gasteiger partial charge in [0.1, 0.15) is 0 Å². The quantitative estimate of drug-likeness (QED) is 0.760. The lowest BCUT2D eigenvalue weighted by molar-refractivity contribution is -0.176. The van der Waals surface area contributed by atoms with Crippen LogP contribution in [-0.4, -0.2) is 18.1 Å². The molecule has 2 fully saturated rings. The SMILES string of the molecule is CC12CCC(C1)C(C)(C)C2NC(=O)C(F)(F)F. The van der Waals surface area contributed by atoms with Gasteiger partial charge in [0.2, 0.25) is 0 Å². The van der Waals surface area contributed by atoms with Crippen molar-refractivity contribution >= 4 is 5.91 Å². The van der Waals surface area contributed by atoms with E-state index in [4.69, 9.17) is 0 Å². The van der Waals surface area contributed by atoms with Crippen molar-refractivity contribution in [3.63, 3.8) is 0 Å². The molecule has 3 unspecified atom stereocenters. The highest BCUT2D eigenvalue weighted by atomic mass is 19.4. The monoisotopic (exact) mass is 249 g/mol. The molecule has 0 radical (unpaired) electrons. The molecule has 2 aliphatic carbocycles. The summed E-state index contributed by atoms with van der Waals surface area (Å²) < 4.78 is 36.9. The molecule has 2 bridgehead atoms. The summed E-state index contributed by atoms with van der Waals surface area (Å²) in [6.07, 6.45) is -1.90. The van der Waals surface area contributed by atoms with E-state index < -0.39 is 12.1 Å². The molecule has 2 aliphatic rings. The van der Waals surface area contributed by atoms with Gasteiger partial charge in [0.15, 0.2) is 0 Å². The van der Waals surface area contributed by atoms with E-state index >= 15 is 0 Å². The third-order valence-corrected chi connectivity index (χ3v) is 4.80. The smallest absolute Gasteiger partial charge is 0.344 e. The maximum Gasteiger partial charge on any atom is 0.471 e. The summed E-state index contributed by atoms with van der Waals surface area (Å²) in [6.45, 7) is 5.91. The van der Waals surface area contributed by atoms with Gasteiger partial charge >= 0.3 is 12.1 Å². The van der Waals surface area contributed by atoms with Gasteiger partial charge in [-0.1, -0.05) is 20.8 Å². The zero-order valence-electron chi connectivity index (χ0n) is 10.3. The maximum absolute atomic E-state index is 12.3. The zero-order valence-corrected chi connectivity index (χ0v) is 10.3. The molecule has 2 rings (SSSR count). The standard InChI is InChI=1S/C12H18F3NO/c1-10(2)7-4-5-11(3,6-7)8(10)16-9(17)12(13,14)15/h7-8H,4-6H2,1-3H3,(H,16,17). The lowest BCUT2D eigenvalue weighted by Crippen LogP contribution is -2.55. The fourth-order valence-corrected chi connectivity index (χ4v) is 3.88. The van der Waals surface area contributed by atoms with Crippen LogP contribution in [0.4, 0.5) is 13.2 Å². The Hall–Kier alpha value is -0.740. The molecule has 1 N–H and O–H groups in total. The molecule has 2 nitrogen and oxygen atoms in total. The van der Waals surface area contributed by atoms with Crippen molar-refractivity contribution in [2.45, 2.75) is 52.3 Å². The molecule has 1 amide bonds. The molecular formula is C12H18F3NO. The van der Waals surface area contributed by atoms with E-state index in [1.165, 1.54) is 0 Å². The van der Waals surface area contributed by atoms with E-state index in [-0.39, 0.29) is 16.9 Å². The second-order valence-electron chi connectivity index (χ2n) is 6.32. The second kappa shape index (κ2) is 3.39. The summed E-state index contributed by atoms with van der Waals surface area (Å²) in [5.74, 6) is -1.38. The molecule has 0 spiro atoms. The van der Waals surface area contributed by atoms with Crippen molar-refractivity contribution in [1.29, 1.82) is 0 Å². The third-order valence-electron chi connectivity index (χ3n) is 4.80. The Morgan fingerprint density at radius 2 is 1.88 bits per heavy atom. The number of alkyl halides is 3. The Morgan fingerprint density at radius 1 is 1.29 bits per heavy atom. The molecule has 0 aromatic rings. The first-order valence-electron chi connectivity index (χ1n) is 5.95. The molecule has 2 saturated carbocycles. The van der Waals surface area contributed by atoms with Crippen LogP contribution in [0.15, 0.2) is 0 Å². The van der Waals surface area contributed by atoms with Crippen LogP contribution < -0.4 is 5.32 Å². The van der Waals surface area contributed by atoms with E-state index in [0.29, 0.717) is 5.92 Å². The highest BCUT2D eigenvalue weighted by Crippen LogP contribution is 2.62. The molecule has 0 heterocycles. The summed E-state index contributed by atoms with van der Waals surface area (Å²) in [7, 11) is 0. The highest BCUT2D eigenvalue weighted by Gasteiger charge is 2.60. The third kappa shape index (κ3) is 1.83. The molecule has 0 aromatic carbocycles. The Kier molecular flexibility index (Phi) is 2.53. The van der Waals surface area contributed by atoms with Gasteiger partial charge in [-0.2, -0.15) is 13.2 Å². The van der Waals surface area contributed by atoms with Crippen molar-refractivity contribution in [3.05, 3.63) is 0 Å². The number of rotatable bonds is 1. The molecule has 5 heteroatoms. The number of nitrogens with one attached hydrogen (secondary N) is 1. The van der Waals surface area contributed by atoms with Crippen LogP contribution in [0.3, 0.4) is 0 Å². The van der Waals surface area contributed by atoms with Crippen LogP contribution in [0.25, 0.3) is 0 Å². The van der Waals surface area contributed by atoms with Crippen molar-refractivity contribution in [2.24, 2.45) is 16.7 Å². The summed E-state index contributed by atoms with van der Waals surface area (Å²) in [5.41, 5.74) is -0.414. The summed E-state index contributed by atoms with van der Waals surface area (Å²) in [6, 6.07) is -0.372. The van der Waals surface area contributed by atoms with Gasteiger partial charge in [0.05, 0.1) is 0 Å². The van der Waals surface area contributed by atoms with E-state index in [0.717, 1.165) is 19.3 Å². The Balaban J connectivity index is 2.19. The van der Waals surface area contributed by atoms with Gasteiger partial charge < -0.3 is 5.32 Å². The fraction of sp³-hybridized carbons (Fsp3) is 0.917. The fourth-order valence-electron chi connectivity index (χ4n) is 3.88. The molecule has 0 saturated heterocycles. The predicted molar refractivity (Wildman–Crippen MR) is 57.2 cm³/mol. The number of hydrogen-bond acceptors (Lipinski definition) is 1. The largest absolute Gasteiger partial charge is 0.471 e. The number of carbonyl (C=O) groups excluding carboxylic acids is 1. The second-order valence-corrected chi connectivity index (χ2v) is 6.32. The number of hydrogen-bond donors (Lipinski definition) is 1. The first kappa shape index (κ1) is 12.7. The minimum atomic E-state index is -4.78. The zero-order chi connectivity index (χ0) is 13.1. The van der Waals surface area contributed by atoms with Gasteiger partial charge in [0.25, 0.3) is 0 Å². The van der Waals surface area contributed by atoms with Crippen LogP contribution in [0.1, 0.15) is 40.0 Å². The number of fused-ring (bicyclic) bond motifs is 2. The van der Waals surface area contributed by atoms with Crippen LogP contribution in [0.5, 0.6) is 0 Å². The van der Waals surface area contributed by atoms with Gasteiger partial charge in [-0.25, -0.2) is 0 Å². The van der Waals surface area contributed by atoms with Crippen molar-refractivity contribution in [1.82, 2.24) is 5.32 Å². The summed E-state index contributed by atoms with van der Waals surface area (Å²) in [4.78, 5) is 11.1. The van der Waals surface area contributed by atoms with Gasteiger partial charge in [0, 0.05) is 6.04 Å². The van der Waals surface area contributed by atoms with Crippen LogP contribution >= 0.6 is 0 Å². The minimum absolute atomic E-state index is 0.172. The molecule has 0 aliphatic heterocycles. The average Bonchev–Trinajstić information content (AvgIpc) is 2.62. The number of halogens is 3. The predicted octanol–water partition coefficient (Wildman–Crippen LogP) is 2.88. The van der Waals surface area contributed by atoms with Crippen LogP contribution in [0.2, 0.25) is 0 Å². The van der Waals surface area contributed by atoms with E-state index in [1.807, 2.05) is 20.8 Å². The van der Waals surface area contributed by atoms with Crippen molar-refractivity contribution in [3.8, 4) is 0 Å². The lowest BCUT2D eigenvalue weighted by atomic mass is 9.68. The minimum Gasteiger partial charge on any atom is -0.344 e. The molecule has 0 aromatic heterocycles. The number of amides is 1. The molecule has 17 heavy (non-hydrogen) atoms. The lowest BCUT2D eigenvalue weighted by Gasteiger charge is -2.43. The molecule has 98 valence electrons. The molecular weight excluding hydrogens is 231 g/mol. The topological polar surface area (TPSA) is 29.1 Å². The Bertz CT molecular complexity index is 345. The summed E-state index contributed by atoms with van der Waals surface area (Å²) in [5, 5.41) is 2.22. The Morgan fingerprint density at radius 3 is 2.29 bits per heavy atom. The average molecular weight is 249 g/mol. The van der Waals surface area contributed by atoms with E-state index in [9.17, 15) is 18.0 Å². The van der Waals surface area contributed by atoms with Crippen LogP contribution in [0, 0.1) is 16.7 Å². The first-order valence-corrected chi connectivity index (χ1v) is 5.95. The maximum atomic E-state index is 12.3. The summed E-state index contributed by atoms with van der Waals surface area (Å²) >= 11 is 0. The van der Waals surface area contributed by atoms with Crippen molar-refractivity contribution < 1.29 is 18.0 Å². The van der Waals surface area contributed by atoms with E-state index in [2.05, 4.69) is 5.32 Å². The van der Waals surface area contributed by atoms with Gasteiger partial charge in [-0.15, -0.1) is 0 Å². The normalized spacial score (nSPS) is 39.4. The van der Waals surface area contributed by atoms with Gasteiger partial charge in [-0.3, -0.25) is 4.79 Å². The Labute approximate surface area is 98.9 Å². The molecule has 3 atom stereocenters. The first-order chi connectivity index (χ1) is 7.57. The van der Waals surface area contributed by atoms with Gasteiger partial charge in [-0.05, 0) is 36.0 Å². The van der Waals surface area contributed by atoms with Crippen molar-refractivity contribution in [2.75, 3.05) is 0 Å². The number of carbonyl (C=O) groups is 1. The van der Waals surface area contributed by atoms with Crippen LogP contribution in [-0.2, 0) is 4.79 Å². The highest BCUT2D eigenvalue weighted by molar-refractivity contribution is 5.82. The van der Waals surface area contributed by atoms with E-state index in [1.54, 1.807) is 0 Å².